The van der Waals surface area contributed by atoms with E-state index in [0.29, 0.717) is 12.0 Å². The number of nitrogens with zero attached hydrogens (tertiary/aromatic N) is 2. The summed E-state index contributed by atoms with van der Waals surface area (Å²) in [5.74, 6) is -0.505. The Kier molecular flexibility index (Phi) is 5.73. The first-order valence-corrected chi connectivity index (χ1v) is 9.96. The van der Waals surface area contributed by atoms with E-state index in [1.165, 1.54) is 32.4 Å². The second-order valence-corrected chi connectivity index (χ2v) is 7.28. The van der Waals surface area contributed by atoms with E-state index in [9.17, 15) is 25.3 Å². The molecule has 0 radical (unpaired) electrons. The van der Waals surface area contributed by atoms with Gasteiger partial charge in [0.2, 0.25) is 5.43 Å². The molecule has 2 aliphatic rings. The van der Waals surface area contributed by atoms with Gasteiger partial charge in [0.15, 0.2) is 19.0 Å². The van der Waals surface area contributed by atoms with Gasteiger partial charge in [0, 0.05) is 19.6 Å². The molecule has 170 valence electrons. The van der Waals surface area contributed by atoms with Crippen molar-refractivity contribution in [1.29, 1.82) is 0 Å². The number of hydrogen-bond acceptors (Lipinski definition) is 8. The third-order valence-corrected chi connectivity index (χ3v) is 5.51. The first-order valence-electron chi connectivity index (χ1n) is 9.96. The molecule has 0 unspecified atom stereocenters. The molecule has 0 bridgehead atoms. The molecule has 10 nitrogen and oxygen atoms in total. The second kappa shape index (κ2) is 8.51. The molecule has 0 amide bonds. The molecular formula is C23H20N2O8. The summed E-state index contributed by atoms with van der Waals surface area (Å²) >= 11 is 0. The number of rotatable bonds is 7. The number of methoxy groups -OCH3 is 2. The second-order valence-electron chi connectivity index (χ2n) is 7.28. The van der Waals surface area contributed by atoms with Crippen molar-refractivity contribution in [3.05, 3.63) is 65.5 Å². The number of phenolic OH excluding ortho intramolecular Hbond substituents is 2. The zero-order valence-corrected chi connectivity index (χ0v) is 18.1. The molecule has 4 rings (SSSR count). The van der Waals surface area contributed by atoms with Crippen LogP contribution in [0, 0.1) is 10.4 Å². The molecule has 10 heteroatoms. The maximum Gasteiger partial charge on any atom is 0.338 e. The predicted molar refractivity (Wildman–Crippen MR) is 116 cm³/mol. The standard InChI is InChI=1S/C23H20N2O8/c1-4-10-7-11(26)14-17-19(20(25-24)18(14)21(10)27)23(29)16-13(33-9-31-3)6-5-12(32-8-30-2)15(16)22(17)28/h5-7,26-27H,4,8-9H2,1-3H3. The maximum absolute atomic E-state index is 13.7. The average molecular weight is 452 g/mol. The van der Waals surface area contributed by atoms with E-state index in [2.05, 4.69) is 4.79 Å². The first kappa shape index (κ1) is 22.2. The van der Waals surface area contributed by atoms with E-state index in [1.54, 1.807) is 6.92 Å². The van der Waals surface area contributed by atoms with Crippen molar-refractivity contribution in [2.75, 3.05) is 27.8 Å². The fraction of sp³-hybridized carbons (Fsp3) is 0.261. The Morgan fingerprint density at radius 1 is 0.879 bits per heavy atom. The molecule has 0 saturated carbocycles. The Balaban J connectivity index is 2.37. The normalized spacial score (nSPS) is 11.4. The minimum Gasteiger partial charge on any atom is -0.507 e. The van der Waals surface area contributed by atoms with Crippen LogP contribution >= 0.6 is 0 Å². The minimum absolute atomic E-state index is 0.0532. The van der Waals surface area contributed by atoms with Crippen molar-refractivity contribution in [1.82, 2.24) is 0 Å². The van der Waals surface area contributed by atoms with Gasteiger partial charge < -0.3 is 34.7 Å². The van der Waals surface area contributed by atoms with Gasteiger partial charge in [0.25, 0.3) is 0 Å². The molecule has 2 aromatic carbocycles. The van der Waals surface area contributed by atoms with E-state index < -0.39 is 10.9 Å². The molecule has 0 atom stereocenters. The molecular weight excluding hydrogens is 432 g/mol. The highest BCUT2D eigenvalue weighted by molar-refractivity contribution is 5.99. The summed E-state index contributed by atoms with van der Waals surface area (Å²) in [5, 5.41) is 20.3. The molecule has 2 aromatic rings. The quantitative estimate of drug-likeness (QED) is 0.185. The number of hydrogen-bond donors (Lipinski definition) is 2. The Labute approximate surface area is 185 Å². The molecule has 0 aliphatic heterocycles. The minimum atomic E-state index is -0.700. The third-order valence-electron chi connectivity index (χ3n) is 5.51. The van der Waals surface area contributed by atoms with E-state index in [1.807, 2.05) is 0 Å². The summed E-state index contributed by atoms with van der Waals surface area (Å²) in [6.45, 7) is 1.37. The van der Waals surface area contributed by atoms with Crippen LogP contribution in [0.15, 0.2) is 27.8 Å². The highest BCUT2D eigenvalue weighted by atomic mass is 16.7. The van der Waals surface area contributed by atoms with Crippen molar-refractivity contribution in [3.8, 4) is 23.0 Å². The molecule has 0 fully saturated rings. The lowest BCUT2D eigenvalue weighted by atomic mass is 10.0. The fourth-order valence-corrected chi connectivity index (χ4v) is 4.13. The van der Waals surface area contributed by atoms with Crippen molar-refractivity contribution >= 4 is 21.5 Å². The van der Waals surface area contributed by atoms with Crippen LogP contribution in [0.1, 0.15) is 12.5 Å². The highest BCUT2D eigenvalue weighted by Gasteiger charge is 2.28. The van der Waals surface area contributed by atoms with E-state index in [4.69, 9.17) is 18.9 Å². The fourth-order valence-electron chi connectivity index (χ4n) is 4.13. The van der Waals surface area contributed by atoms with Crippen LogP contribution in [0.5, 0.6) is 23.0 Å². The van der Waals surface area contributed by atoms with Crippen LogP contribution in [0.2, 0.25) is 0 Å². The summed E-state index contributed by atoms with van der Waals surface area (Å²) in [6, 6.07) is 4.21. The lowest BCUT2D eigenvalue weighted by Crippen LogP contribution is -2.21. The molecule has 0 saturated heterocycles. The third kappa shape index (κ3) is 3.20. The van der Waals surface area contributed by atoms with Gasteiger partial charge in [-0.3, -0.25) is 9.59 Å². The Morgan fingerprint density at radius 3 is 1.91 bits per heavy atom. The van der Waals surface area contributed by atoms with Gasteiger partial charge in [-0.25, -0.2) is 0 Å². The topological polar surface area (TPSA) is 148 Å². The van der Waals surface area contributed by atoms with Crippen LogP contribution in [0.3, 0.4) is 0 Å². The van der Waals surface area contributed by atoms with E-state index >= 15 is 0 Å². The predicted octanol–water partition coefficient (Wildman–Crippen LogP) is 1.38. The summed E-state index contributed by atoms with van der Waals surface area (Å²) in [6.07, 6.45) is 0.349. The van der Waals surface area contributed by atoms with Gasteiger partial charge in [-0.05, 0) is 30.2 Å². The smallest absolute Gasteiger partial charge is 0.338 e. The number of phenols is 2. The van der Waals surface area contributed by atoms with Crippen LogP contribution in [0.25, 0.3) is 27.1 Å². The van der Waals surface area contributed by atoms with Gasteiger partial charge in [-0.15, -0.1) is 0 Å². The zero-order valence-electron chi connectivity index (χ0n) is 18.1. The molecule has 2 aliphatic carbocycles. The molecule has 33 heavy (non-hydrogen) atoms. The Bertz CT molecular complexity index is 1650. The summed E-state index contributed by atoms with van der Waals surface area (Å²) < 4.78 is 20.9. The highest BCUT2D eigenvalue weighted by Crippen LogP contribution is 2.36. The number of aryl methyl sites for hydroxylation is 1. The number of benzene rings is 2. The van der Waals surface area contributed by atoms with Crippen molar-refractivity contribution in [2.45, 2.75) is 13.3 Å². The maximum atomic E-state index is 13.7. The van der Waals surface area contributed by atoms with E-state index in [-0.39, 0.29) is 73.9 Å². The van der Waals surface area contributed by atoms with Crippen molar-refractivity contribution < 1.29 is 34.0 Å². The van der Waals surface area contributed by atoms with E-state index in [0.717, 1.165) is 0 Å². The van der Waals surface area contributed by atoms with Crippen LogP contribution in [-0.2, 0) is 15.9 Å². The van der Waals surface area contributed by atoms with Crippen LogP contribution in [-0.4, -0.2) is 42.8 Å². The first-order chi connectivity index (χ1) is 15.9. The Morgan fingerprint density at radius 2 is 1.42 bits per heavy atom. The monoisotopic (exact) mass is 452 g/mol. The van der Waals surface area contributed by atoms with Crippen LogP contribution in [0.4, 0.5) is 0 Å². The molecule has 0 heterocycles. The average Bonchev–Trinajstić information content (AvgIpc) is 3.18. The lowest BCUT2D eigenvalue weighted by molar-refractivity contribution is -0.0636. The summed E-state index contributed by atoms with van der Waals surface area (Å²) in [4.78, 5) is 30.7. The summed E-state index contributed by atoms with van der Waals surface area (Å²) in [7, 11) is 2.80. The molecule has 2 N–H and O–H groups in total. The van der Waals surface area contributed by atoms with Gasteiger partial charge in [0.05, 0.1) is 16.0 Å². The number of fused-ring (bicyclic) bond motifs is 3. The van der Waals surface area contributed by atoms with Crippen LogP contribution < -0.4 is 25.7 Å². The molecule has 0 spiro atoms. The van der Waals surface area contributed by atoms with Gasteiger partial charge in [0.1, 0.15) is 33.6 Å². The number of ether oxygens (including phenoxy) is 4. The van der Waals surface area contributed by atoms with Crippen molar-refractivity contribution in [3.63, 3.8) is 0 Å². The lowest BCUT2D eigenvalue weighted by Gasteiger charge is -2.11. The Hall–Kier alpha value is -3.98. The SMILES string of the molecule is CCc1cc(O)c2c3c(=O)c4c(OCOC)ccc(OCOC)c4c(=O)c=3c(=[N+]=[N-])c2c1O. The number of aromatic hydroxyl groups is 2. The molecule has 0 aromatic heterocycles. The summed E-state index contributed by atoms with van der Waals surface area (Å²) in [5.41, 5.74) is 8.76. The zero-order chi connectivity index (χ0) is 23.9. The van der Waals surface area contributed by atoms with Gasteiger partial charge in [-0.1, -0.05) is 6.92 Å². The van der Waals surface area contributed by atoms with Gasteiger partial charge in [-0.2, -0.15) is 4.79 Å². The van der Waals surface area contributed by atoms with Gasteiger partial charge >= 0.3 is 5.36 Å². The van der Waals surface area contributed by atoms with Crippen molar-refractivity contribution in [2.24, 2.45) is 0 Å². The largest absolute Gasteiger partial charge is 0.507 e.